The van der Waals surface area contributed by atoms with Gasteiger partial charge in [-0.3, -0.25) is 14.2 Å². The van der Waals surface area contributed by atoms with Gasteiger partial charge in [0, 0.05) is 29.8 Å². The fraction of sp³-hybridized carbons (Fsp3) is 0.381. The molecule has 1 aromatic carbocycles. The Morgan fingerprint density at radius 1 is 1.22 bits per heavy atom. The van der Waals surface area contributed by atoms with E-state index in [2.05, 4.69) is 31.2 Å². The molecule has 5 nitrogen and oxygen atoms in total. The van der Waals surface area contributed by atoms with Crippen LogP contribution in [0.1, 0.15) is 42.5 Å². The first-order valence-corrected chi connectivity index (χ1v) is 10.1. The number of nitrogens with two attached hydrogens (primary N) is 1. The van der Waals surface area contributed by atoms with Gasteiger partial charge in [0.25, 0.3) is 5.56 Å². The summed E-state index contributed by atoms with van der Waals surface area (Å²) in [6.45, 7) is 6.62. The second kappa shape index (κ2) is 8.05. The summed E-state index contributed by atoms with van der Waals surface area (Å²) in [5.74, 6) is 0.442. The lowest BCUT2D eigenvalue weighted by Gasteiger charge is -2.12. The molecule has 0 atom stereocenters. The molecule has 0 saturated heterocycles. The molecular formula is C21H25N3O2S. The lowest BCUT2D eigenvalue weighted by Crippen LogP contribution is -2.26. The average Bonchev–Trinajstić information content (AvgIpc) is 2.94. The fourth-order valence-electron chi connectivity index (χ4n) is 3.36. The van der Waals surface area contributed by atoms with Crippen LogP contribution in [0.2, 0.25) is 0 Å². The highest BCUT2D eigenvalue weighted by Crippen LogP contribution is 2.36. The van der Waals surface area contributed by atoms with Gasteiger partial charge in [-0.05, 0) is 32.3 Å². The van der Waals surface area contributed by atoms with Crippen molar-refractivity contribution in [2.75, 3.05) is 0 Å². The van der Waals surface area contributed by atoms with Gasteiger partial charge in [-0.1, -0.05) is 36.8 Å². The zero-order valence-electron chi connectivity index (χ0n) is 16.0. The third-order valence-electron chi connectivity index (χ3n) is 4.69. The minimum absolute atomic E-state index is 0.0205. The Labute approximate surface area is 162 Å². The number of hydrogen-bond acceptors (Lipinski definition) is 4. The molecule has 3 aromatic rings. The Hall–Kier alpha value is -2.47. The van der Waals surface area contributed by atoms with Crippen LogP contribution in [0.3, 0.4) is 0 Å². The van der Waals surface area contributed by atoms with Crippen LogP contribution in [0.15, 0.2) is 29.1 Å². The number of carbonyl (C=O) groups excluding carboxylic acids is 1. The monoisotopic (exact) mass is 383 g/mol. The minimum atomic E-state index is -0.346. The highest BCUT2D eigenvalue weighted by Gasteiger charge is 2.19. The highest BCUT2D eigenvalue weighted by molar-refractivity contribution is 7.19. The van der Waals surface area contributed by atoms with Crippen molar-refractivity contribution < 1.29 is 4.79 Å². The van der Waals surface area contributed by atoms with E-state index in [4.69, 9.17) is 10.7 Å². The van der Waals surface area contributed by atoms with Crippen molar-refractivity contribution >= 4 is 27.5 Å². The highest BCUT2D eigenvalue weighted by atomic mass is 32.1. The van der Waals surface area contributed by atoms with Crippen LogP contribution in [0.4, 0.5) is 0 Å². The molecule has 0 unspecified atom stereocenters. The minimum Gasteiger partial charge on any atom is -0.370 e. The Bertz CT molecular complexity index is 1030. The predicted octanol–water partition coefficient (Wildman–Crippen LogP) is 3.96. The second-order valence-electron chi connectivity index (χ2n) is 6.88. The first-order chi connectivity index (χ1) is 12.9. The molecule has 6 heteroatoms. The van der Waals surface area contributed by atoms with Crippen LogP contribution in [0.25, 0.3) is 21.3 Å². The van der Waals surface area contributed by atoms with Gasteiger partial charge >= 0.3 is 0 Å². The van der Waals surface area contributed by atoms with Crippen molar-refractivity contribution in [3.8, 4) is 11.1 Å². The number of primary amides is 1. The van der Waals surface area contributed by atoms with E-state index in [1.54, 1.807) is 15.9 Å². The smallest absolute Gasteiger partial charge is 0.262 e. The number of nitrogens with zero attached hydrogens (tertiary/aromatic N) is 2. The molecule has 1 amide bonds. The number of rotatable bonds is 7. The van der Waals surface area contributed by atoms with Gasteiger partial charge in [-0.2, -0.15) is 0 Å². The number of aromatic nitrogens is 2. The van der Waals surface area contributed by atoms with Crippen LogP contribution in [0.5, 0.6) is 0 Å². The third-order valence-corrected chi connectivity index (χ3v) is 5.68. The van der Waals surface area contributed by atoms with Gasteiger partial charge < -0.3 is 5.73 Å². The van der Waals surface area contributed by atoms with Crippen molar-refractivity contribution in [1.82, 2.24) is 9.55 Å². The van der Waals surface area contributed by atoms with Gasteiger partial charge in [0.2, 0.25) is 5.91 Å². The Morgan fingerprint density at radius 3 is 2.56 bits per heavy atom. The Balaban J connectivity index is 2.18. The summed E-state index contributed by atoms with van der Waals surface area (Å²) in [6, 6.07) is 8.23. The van der Waals surface area contributed by atoms with Crippen LogP contribution in [-0.4, -0.2) is 15.5 Å². The van der Waals surface area contributed by atoms with Gasteiger partial charge in [-0.15, -0.1) is 11.3 Å². The topological polar surface area (TPSA) is 78.0 Å². The van der Waals surface area contributed by atoms with Gasteiger partial charge in [0.1, 0.15) is 10.7 Å². The standard InChI is InChI=1S/C21H25N3O2S/c1-4-6-17-23-20-19(21(26)24(17)12-5-7-16(22)25)18(14(3)27-20)15-10-8-13(2)9-11-15/h8-11H,4-7,12H2,1-3H3,(H2,22,25). The summed E-state index contributed by atoms with van der Waals surface area (Å²) in [7, 11) is 0. The first-order valence-electron chi connectivity index (χ1n) is 9.30. The zero-order valence-corrected chi connectivity index (χ0v) is 16.9. The molecule has 3 rings (SSSR count). The second-order valence-corrected chi connectivity index (χ2v) is 8.09. The normalized spacial score (nSPS) is 11.2. The maximum Gasteiger partial charge on any atom is 0.262 e. The lowest BCUT2D eigenvalue weighted by atomic mass is 10.0. The van der Waals surface area contributed by atoms with E-state index in [1.165, 1.54) is 5.56 Å². The van der Waals surface area contributed by atoms with Crippen LogP contribution >= 0.6 is 11.3 Å². The zero-order chi connectivity index (χ0) is 19.6. The maximum absolute atomic E-state index is 13.4. The summed E-state index contributed by atoms with van der Waals surface area (Å²) in [4.78, 5) is 31.2. The molecule has 2 aromatic heterocycles. The van der Waals surface area contributed by atoms with E-state index < -0.39 is 0 Å². The van der Waals surface area contributed by atoms with Gasteiger partial charge in [0.15, 0.2) is 0 Å². The van der Waals surface area contributed by atoms with Crippen molar-refractivity contribution in [2.24, 2.45) is 5.73 Å². The number of thiophene rings is 1. The van der Waals surface area contributed by atoms with Crippen molar-refractivity contribution in [1.29, 1.82) is 0 Å². The van der Waals surface area contributed by atoms with E-state index in [-0.39, 0.29) is 17.9 Å². The molecule has 0 spiro atoms. The Kier molecular flexibility index (Phi) is 5.75. The number of amides is 1. The van der Waals surface area contributed by atoms with Crippen molar-refractivity contribution in [3.63, 3.8) is 0 Å². The van der Waals surface area contributed by atoms with Crippen LogP contribution < -0.4 is 11.3 Å². The molecule has 0 radical (unpaired) electrons. The van der Waals surface area contributed by atoms with Crippen molar-refractivity contribution in [3.05, 3.63) is 50.9 Å². The molecule has 0 aliphatic carbocycles. The van der Waals surface area contributed by atoms with Gasteiger partial charge in [0.05, 0.1) is 5.39 Å². The number of benzene rings is 1. The Morgan fingerprint density at radius 2 is 1.93 bits per heavy atom. The molecule has 0 saturated carbocycles. The predicted molar refractivity (Wildman–Crippen MR) is 111 cm³/mol. The third kappa shape index (κ3) is 3.95. The average molecular weight is 384 g/mol. The lowest BCUT2D eigenvalue weighted by molar-refractivity contribution is -0.118. The number of fused-ring (bicyclic) bond motifs is 1. The van der Waals surface area contributed by atoms with E-state index in [0.29, 0.717) is 18.4 Å². The van der Waals surface area contributed by atoms with E-state index in [1.807, 2.05) is 13.8 Å². The fourth-order valence-corrected chi connectivity index (χ4v) is 4.42. The van der Waals surface area contributed by atoms with Crippen LogP contribution in [0, 0.1) is 13.8 Å². The summed E-state index contributed by atoms with van der Waals surface area (Å²) in [6.07, 6.45) is 2.45. The molecule has 0 aliphatic heterocycles. The maximum atomic E-state index is 13.4. The van der Waals surface area contributed by atoms with E-state index in [0.717, 1.165) is 39.5 Å². The van der Waals surface area contributed by atoms with Crippen molar-refractivity contribution in [2.45, 2.75) is 53.0 Å². The summed E-state index contributed by atoms with van der Waals surface area (Å²) in [5, 5.41) is 0.681. The molecule has 2 N–H and O–H groups in total. The first kappa shape index (κ1) is 19.3. The van der Waals surface area contributed by atoms with E-state index >= 15 is 0 Å². The molecule has 27 heavy (non-hydrogen) atoms. The molecular weight excluding hydrogens is 358 g/mol. The van der Waals surface area contributed by atoms with Crippen LogP contribution in [-0.2, 0) is 17.8 Å². The molecule has 0 fully saturated rings. The van der Waals surface area contributed by atoms with E-state index in [9.17, 15) is 9.59 Å². The number of hydrogen-bond donors (Lipinski definition) is 1. The molecule has 142 valence electrons. The summed E-state index contributed by atoms with van der Waals surface area (Å²) >= 11 is 1.57. The largest absolute Gasteiger partial charge is 0.370 e. The van der Waals surface area contributed by atoms with Gasteiger partial charge in [-0.25, -0.2) is 4.98 Å². The summed E-state index contributed by atoms with van der Waals surface area (Å²) < 4.78 is 1.73. The molecule has 2 heterocycles. The molecule has 0 aliphatic rings. The SMILES string of the molecule is CCCc1nc2sc(C)c(-c3ccc(C)cc3)c2c(=O)n1CCCC(N)=O. The quantitative estimate of drug-likeness (QED) is 0.671. The number of aryl methyl sites for hydroxylation is 3. The number of carbonyl (C=O) groups is 1. The molecule has 0 bridgehead atoms. The summed E-state index contributed by atoms with van der Waals surface area (Å²) in [5.41, 5.74) is 8.43.